The average Bonchev–Trinajstić information content (AvgIpc) is 2.61. The Morgan fingerprint density at radius 2 is 2.10 bits per heavy atom. The number of nitrogens with zero attached hydrogens (tertiary/aromatic N) is 2. The van der Waals surface area contributed by atoms with E-state index in [0.29, 0.717) is 0 Å². The van der Waals surface area contributed by atoms with Gasteiger partial charge < -0.3 is 15.5 Å². The molecule has 108 valence electrons. The molecule has 0 saturated carbocycles. The van der Waals surface area contributed by atoms with E-state index in [2.05, 4.69) is 9.97 Å². The number of hydrogen-bond acceptors (Lipinski definition) is 6. The number of thiazole rings is 1. The lowest BCUT2D eigenvalue weighted by molar-refractivity contribution is 0.377. The Kier molecular flexibility index (Phi) is 3.91. The van der Waals surface area contributed by atoms with Gasteiger partial charge in [-0.2, -0.15) is 4.98 Å². The van der Waals surface area contributed by atoms with Crippen LogP contribution >= 0.6 is 18.9 Å². The molecule has 0 aliphatic carbocycles. The van der Waals surface area contributed by atoms with Crippen molar-refractivity contribution in [2.75, 3.05) is 11.9 Å². The van der Waals surface area contributed by atoms with Crippen molar-refractivity contribution in [3.63, 3.8) is 0 Å². The number of nitrogens with two attached hydrogens (primary N) is 1. The topological polar surface area (TPSA) is 151 Å². The molecule has 0 atom stereocenters. The highest BCUT2D eigenvalue weighted by Gasteiger charge is 2.12. The Labute approximate surface area is 115 Å². The second-order valence-electron chi connectivity index (χ2n) is 3.90. The molecule has 2 heterocycles. The number of fused-ring (bicyclic) bond motifs is 1. The normalized spacial score (nSPS) is 12.5. The third kappa shape index (κ3) is 3.23. The summed E-state index contributed by atoms with van der Waals surface area (Å²) >= 11 is 0.736. The average molecular weight is 318 g/mol. The lowest BCUT2D eigenvalue weighted by Crippen LogP contribution is -2.14. The fourth-order valence-electron chi connectivity index (χ4n) is 1.52. The second kappa shape index (κ2) is 5.33. The van der Waals surface area contributed by atoms with E-state index in [4.69, 9.17) is 15.5 Å². The second-order valence-corrected chi connectivity index (χ2v) is 6.56. The minimum atomic E-state index is -4.11. The minimum absolute atomic E-state index is 0.0503. The van der Waals surface area contributed by atoms with Gasteiger partial charge in [0.25, 0.3) is 5.56 Å². The maximum atomic E-state index is 11.8. The van der Waals surface area contributed by atoms with Crippen LogP contribution in [0, 0.1) is 0 Å². The Morgan fingerprint density at radius 3 is 2.75 bits per heavy atom. The Morgan fingerprint density at radius 1 is 1.40 bits per heavy atom. The first-order chi connectivity index (χ1) is 9.28. The zero-order valence-corrected chi connectivity index (χ0v) is 11.7. The number of anilines is 1. The van der Waals surface area contributed by atoms with Gasteiger partial charge in [-0.05, 0) is 0 Å². The number of aromatic nitrogens is 3. The lowest BCUT2D eigenvalue weighted by atomic mass is 10.5. The van der Waals surface area contributed by atoms with Gasteiger partial charge >= 0.3 is 12.5 Å². The van der Waals surface area contributed by atoms with Crippen molar-refractivity contribution in [2.45, 2.75) is 6.54 Å². The number of allylic oxidation sites excluding steroid dienone is 2. The molecule has 0 radical (unpaired) electrons. The Hall–Kier alpha value is -1.74. The van der Waals surface area contributed by atoms with Crippen LogP contribution in [-0.2, 0) is 11.1 Å². The zero-order chi connectivity index (χ0) is 14.9. The summed E-state index contributed by atoms with van der Waals surface area (Å²) in [4.78, 5) is 46.5. The van der Waals surface area contributed by atoms with Crippen LogP contribution in [0.4, 0.5) is 5.95 Å². The third-order valence-corrected chi connectivity index (χ3v) is 3.99. The number of nitrogen functional groups attached to an aromatic ring is 1. The van der Waals surface area contributed by atoms with E-state index in [1.54, 1.807) is 0 Å². The van der Waals surface area contributed by atoms with Crippen molar-refractivity contribution in [1.29, 1.82) is 0 Å². The molecule has 0 aliphatic rings. The predicted octanol–water partition coefficient (Wildman–Crippen LogP) is -0.538. The van der Waals surface area contributed by atoms with E-state index in [0.717, 1.165) is 11.3 Å². The molecule has 0 saturated heterocycles. The first-order valence-corrected chi connectivity index (χ1v) is 7.98. The SMILES string of the molecule is Nc1nc2c(sc(=O)n2CC=CCP(=O)(O)O)c(=O)[nH]1. The highest BCUT2D eigenvalue weighted by atomic mass is 32.1. The lowest BCUT2D eigenvalue weighted by Gasteiger charge is -2.00. The molecule has 5 N–H and O–H groups in total. The number of aromatic amines is 1. The van der Waals surface area contributed by atoms with Gasteiger partial charge in [-0.1, -0.05) is 23.5 Å². The van der Waals surface area contributed by atoms with E-state index in [1.165, 1.54) is 16.7 Å². The smallest absolute Gasteiger partial charge is 0.329 e. The largest absolute Gasteiger partial charge is 0.369 e. The van der Waals surface area contributed by atoms with E-state index >= 15 is 0 Å². The summed E-state index contributed by atoms with van der Waals surface area (Å²) in [6, 6.07) is 0. The standard InChI is InChI=1S/C9H11N4O5PS/c10-8-11-6-5(7(14)12-8)20-9(15)13(6)3-1-2-4-19(16,17)18/h1-2H,3-4H2,(H2,16,17,18)(H3,10,11,12,14). The number of hydrogen-bond donors (Lipinski definition) is 4. The van der Waals surface area contributed by atoms with Crippen LogP contribution in [0.15, 0.2) is 21.7 Å². The van der Waals surface area contributed by atoms with Gasteiger partial charge in [-0.3, -0.25) is 23.7 Å². The Bertz CT molecular complexity index is 829. The summed E-state index contributed by atoms with van der Waals surface area (Å²) in [6.45, 7) is 0.0503. The zero-order valence-electron chi connectivity index (χ0n) is 10.0. The van der Waals surface area contributed by atoms with Crippen LogP contribution in [0.1, 0.15) is 0 Å². The van der Waals surface area contributed by atoms with Crippen LogP contribution in [0.2, 0.25) is 0 Å². The summed E-state index contributed by atoms with van der Waals surface area (Å²) in [5, 5.41) is 0. The van der Waals surface area contributed by atoms with Crippen molar-refractivity contribution < 1.29 is 14.4 Å². The number of nitrogens with one attached hydrogen (secondary N) is 1. The summed E-state index contributed by atoms with van der Waals surface area (Å²) in [5.74, 6) is -0.103. The molecular formula is C9H11N4O5PS. The van der Waals surface area contributed by atoms with Gasteiger partial charge in [0.05, 0.1) is 6.16 Å². The fourth-order valence-corrected chi connectivity index (χ4v) is 2.78. The van der Waals surface area contributed by atoms with Crippen LogP contribution in [0.25, 0.3) is 10.3 Å². The molecule has 20 heavy (non-hydrogen) atoms. The monoisotopic (exact) mass is 318 g/mol. The van der Waals surface area contributed by atoms with Crippen molar-refractivity contribution in [3.05, 3.63) is 32.2 Å². The maximum Gasteiger partial charge on any atom is 0.329 e. The van der Waals surface area contributed by atoms with Gasteiger partial charge in [0.2, 0.25) is 5.95 Å². The van der Waals surface area contributed by atoms with E-state index in [9.17, 15) is 14.2 Å². The molecule has 0 fully saturated rings. The van der Waals surface area contributed by atoms with Crippen molar-refractivity contribution in [2.24, 2.45) is 0 Å². The van der Waals surface area contributed by atoms with Crippen molar-refractivity contribution in [3.8, 4) is 0 Å². The summed E-state index contributed by atoms with van der Waals surface area (Å²) < 4.78 is 12.0. The highest BCUT2D eigenvalue weighted by Crippen LogP contribution is 2.33. The Balaban J connectivity index is 2.36. The highest BCUT2D eigenvalue weighted by molar-refractivity contribution is 7.51. The van der Waals surface area contributed by atoms with Gasteiger partial charge in [-0.15, -0.1) is 0 Å². The molecule has 9 nitrogen and oxygen atoms in total. The molecule has 0 aliphatic heterocycles. The molecule has 0 aromatic carbocycles. The molecule has 11 heteroatoms. The van der Waals surface area contributed by atoms with Gasteiger partial charge in [0.15, 0.2) is 5.65 Å². The third-order valence-electron chi connectivity index (χ3n) is 2.34. The molecule has 2 aromatic heterocycles. The molecule has 0 amide bonds. The molecule has 2 rings (SSSR count). The summed E-state index contributed by atoms with van der Waals surface area (Å²) in [7, 11) is -4.11. The predicted molar refractivity (Wildman–Crippen MR) is 75.0 cm³/mol. The minimum Gasteiger partial charge on any atom is -0.369 e. The fraction of sp³-hybridized carbons (Fsp3) is 0.222. The van der Waals surface area contributed by atoms with Crippen LogP contribution < -0.4 is 16.2 Å². The molecule has 0 spiro atoms. The van der Waals surface area contributed by atoms with E-state index < -0.39 is 24.2 Å². The number of H-pyrrole nitrogens is 1. The summed E-state index contributed by atoms with van der Waals surface area (Å²) in [6.07, 6.45) is 2.28. The van der Waals surface area contributed by atoms with Gasteiger partial charge in [-0.25, -0.2) is 0 Å². The van der Waals surface area contributed by atoms with Crippen molar-refractivity contribution >= 4 is 35.2 Å². The van der Waals surface area contributed by atoms with Crippen LogP contribution in [0.5, 0.6) is 0 Å². The van der Waals surface area contributed by atoms with Gasteiger partial charge in [0.1, 0.15) is 4.70 Å². The maximum absolute atomic E-state index is 11.8. The van der Waals surface area contributed by atoms with Crippen molar-refractivity contribution in [1.82, 2.24) is 14.5 Å². The van der Waals surface area contributed by atoms with Crippen LogP contribution in [0.3, 0.4) is 0 Å². The molecular weight excluding hydrogens is 307 g/mol. The molecule has 0 unspecified atom stereocenters. The van der Waals surface area contributed by atoms with E-state index in [1.807, 2.05) is 0 Å². The first-order valence-electron chi connectivity index (χ1n) is 5.36. The first kappa shape index (κ1) is 14.7. The summed E-state index contributed by atoms with van der Waals surface area (Å²) in [5.41, 5.74) is 5.08. The quantitative estimate of drug-likeness (QED) is 0.436. The number of rotatable bonds is 4. The van der Waals surface area contributed by atoms with Crippen LogP contribution in [-0.4, -0.2) is 30.5 Å². The molecule has 0 bridgehead atoms. The molecule has 2 aromatic rings. The van der Waals surface area contributed by atoms with Gasteiger partial charge in [0, 0.05) is 6.54 Å². The van der Waals surface area contributed by atoms with E-state index in [-0.39, 0.29) is 22.8 Å².